The molecule has 0 radical (unpaired) electrons. The van der Waals surface area contributed by atoms with Gasteiger partial charge in [0.1, 0.15) is 17.1 Å². The van der Waals surface area contributed by atoms with Gasteiger partial charge in [0.25, 0.3) is 0 Å². The van der Waals surface area contributed by atoms with E-state index in [1.807, 2.05) is 19.9 Å². The van der Waals surface area contributed by atoms with E-state index >= 15 is 0 Å². The number of hydrogen-bond acceptors (Lipinski definition) is 3. The summed E-state index contributed by atoms with van der Waals surface area (Å²) in [6, 6.07) is 3.93. The quantitative estimate of drug-likeness (QED) is 0.780. The molecule has 0 aromatic heterocycles. The van der Waals surface area contributed by atoms with Gasteiger partial charge in [0.05, 0.1) is 6.10 Å². The molecule has 136 valence electrons. The molecule has 0 bridgehead atoms. The average Bonchev–Trinajstić information content (AvgIpc) is 2.85. The molecule has 1 aromatic rings. The lowest BCUT2D eigenvalue weighted by Crippen LogP contribution is -2.60. The lowest BCUT2D eigenvalue weighted by atomic mass is 9.43. The maximum absolute atomic E-state index is 10.7. The predicted octanol–water partition coefficient (Wildman–Crippen LogP) is 4.70. The molecule has 0 saturated heterocycles. The zero-order valence-electron chi connectivity index (χ0n) is 15.8. The van der Waals surface area contributed by atoms with Gasteiger partial charge in [0.2, 0.25) is 0 Å². The number of aliphatic hydroxyl groups excluding tert-OH is 1. The number of phenolic OH excluding ortho intramolecular Hbond substituents is 1. The zero-order valence-corrected chi connectivity index (χ0v) is 15.8. The van der Waals surface area contributed by atoms with Crippen LogP contribution in [-0.2, 0) is 0 Å². The second kappa shape index (κ2) is 5.26. The molecular weight excluding hydrogens is 312 g/mol. The highest BCUT2D eigenvalue weighted by Gasteiger charge is 2.70. The van der Waals surface area contributed by atoms with Gasteiger partial charge in [-0.15, -0.1) is 0 Å². The Morgan fingerprint density at radius 3 is 2.80 bits per heavy atom. The predicted molar refractivity (Wildman–Crippen MR) is 99.0 cm³/mol. The van der Waals surface area contributed by atoms with E-state index in [4.69, 9.17) is 4.74 Å². The summed E-state index contributed by atoms with van der Waals surface area (Å²) in [7, 11) is 0. The topological polar surface area (TPSA) is 49.7 Å². The SMILES string of the molecule is C=C(C)[C@@H](O)CC[C@@]1(C)[C@@H]2CC[C@]3(C)Oc4cc(C)cc(O)c4[C@H]1[C@H]23. The van der Waals surface area contributed by atoms with E-state index in [0.29, 0.717) is 23.5 Å². The van der Waals surface area contributed by atoms with E-state index in [1.165, 1.54) is 6.42 Å². The minimum Gasteiger partial charge on any atom is -0.508 e. The van der Waals surface area contributed by atoms with Crippen molar-refractivity contribution in [3.8, 4) is 11.5 Å². The minimum atomic E-state index is -0.436. The molecule has 3 heteroatoms. The van der Waals surface area contributed by atoms with E-state index in [2.05, 4.69) is 26.5 Å². The van der Waals surface area contributed by atoms with E-state index in [9.17, 15) is 10.2 Å². The fourth-order valence-electron chi connectivity index (χ4n) is 6.12. The average molecular weight is 342 g/mol. The Hall–Kier alpha value is -1.48. The maximum atomic E-state index is 10.7. The van der Waals surface area contributed by atoms with Gasteiger partial charge in [-0.1, -0.05) is 19.1 Å². The summed E-state index contributed by atoms with van der Waals surface area (Å²) in [5.74, 6) is 2.63. The zero-order chi connectivity index (χ0) is 18.1. The molecule has 0 spiro atoms. The largest absolute Gasteiger partial charge is 0.508 e. The maximum Gasteiger partial charge on any atom is 0.127 e. The number of hydrogen-bond donors (Lipinski definition) is 2. The molecule has 3 aliphatic rings. The first kappa shape index (κ1) is 17.0. The number of benzene rings is 1. The number of aromatic hydroxyl groups is 1. The van der Waals surface area contributed by atoms with Crippen LogP contribution in [0.3, 0.4) is 0 Å². The lowest BCUT2D eigenvalue weighted by molar-refractivity contribution is -0.136. The molecule has 2 N–H and O–H groups in total. The van der Waals surface area contributed by atoms with Crippen LogP contribution in [0.15, 0.2) is 24.3 Å². The van der Waals surface area contributed by atoms with Gasteiger partial charge in [0, 0.05) is 17.4 Å². The molecule has 2 aliphatic carbocycles. The Bertz CT molecular complexity index is 739. The summed E-state index contributed by atoms with van der Waals surface area (Å²) in [6.45, 7) is 12.4. The van der Waals surface area contributed by atoms with Gasteiger partial charge in [-0.05, 0) is 75.5 Å². The minimum absolute atomic E-state index is 0.101. The van der Waals surface area contributed by atoms with E-state index in [-0.39, 0.29) is 11.0 Å². The summed E-state index contributed by atoms with van der Waals surface area (Å²) in [4.78, 5) is 0. The third kappa shape index (κ3) is 2.21. The van der Waals surface area contributed by atoms with Gasteiger partial charge in [-0.3, -0.25) is 0 Å². The highest BCUT2D eigenvalue weighted by molar-refractivity contribution is 5.54. The van der Waals surface area contributed by atoms with E-state index < -0.39 is 6.10 Å². The number of phenols is 1. The molecule has 0 unspecified atom stereocenters. The highest BCUT2D eigenvalue weighted by Crippen LogP contribution is 2.75. The molecule has 6 atom stereocenters. The van der Waals surface area contributed by atoms with Crippen molar-refractivity contribution < 1.29 is 14.9 Å². The number of ether oxygens (including phenoxy) is 1. The molecule has 1 aliphatic heterocycles. The van der Waals surface area contributed by atoms with Crippen molar-refractivity contribution in [1.29, 1.82) is 0 Å². The van der Waals surface area contributed by atoms with E-state index in [1.54, 1.807) is 0 Å². The summed E-state index contributed by atoms with van der Waals surface area (Å²) >= 11 is 0. The highest BCUT2D eigenvalue weighted by atomic mass is 16.5. The van der Waals surface area contributed by atoms with Crippen LogP contribution >= 0.6 is 0 Å². The number of aryl methyl sites for hydroxylation is 1. The van der Waals surface area contributed by atoms with Gasteiger partial charge in [0.15, 0.2) is 0 Å². The summed E-state index contributed by atoms with van der Waals surface area (Å²) < 4.78 is 6.44. The molecule has 2 fully saturated rings. The third-order valence-electron chi connectivity index (χ3n) is 7.45. The van der Waals surface area contributed by atoms with Gasteiger partial charge >= 0.3 is 0 Å². The second-order valence-electron chi connectivity index (χ2n) is 9.17. The molecule has 1 aromatic carbocycles. The smallest absolute Gasteiger partial charge is 0.127 e. The van der Waals surface area contributed by atoms with Crippen LogP contribution in [0.1, 0.15) is 63.5 Å². The Labute approximate surface area is 150 Å². The number of aliphatic hydroxyl groups is 1. The van der Waals surface area contributed by atoms with Crippen molar-refractivity contribution >= 4 is 0 Å². The lowest BCUT2D eigenvalue weighted by Gasteiger charge is -2.63. The summed E-state index contributed by atoms with van der Waals surface area (Å²) in [6.07, 6.45) is 3.51. The van der Waals surface area contributed by atoms with Crippen LogP contribution in [0.25, 0.3) is 0 Å². The van der Waals surface area contributed by atoms with Crippen molar-refractivity contribution in [2.24, 2.45) is 17.3 Å². The molecular formula is C22H30O3. The third-order valence-corrected chi connectivity index (χ3v) is 7.45. The van der Waals surface area contributed by atoms with Crippen LogP contribution in [0, 0.1) is 24.2 Å². The van der Waals surface area contributed by atoms with Crippen LogP contribution < -0.4 is 4.74 Å². The monoisotopic (exact) mass is 342 g/mol. The van der Waals surface area contributed by atoms with Crippen LogP contribution in [0.5, 0.6) is 11.5 Å². The Kier molecular flexibility index (Phi) is 3.57. The van der Waals surface area contributed by atoms with Gasteiger partial charge < -0.3 is 14.9 Å². The van der Waals surface area contributed by atoms with Crippen LogP contribution in [-0.4, -0.2) is 21.9 Å². The Morgan fingerprint density at radius 2 is 2.12 bits per heavy atom. The van der Waals surface area contributed by atoms with E-state index in [0.717, 1.165) is 41.7 Å². The molecule has 2 saturated carbocycles. The number of rotatable bonds is 4. The molecule has 3 nitrogen and oxygen atoms in total. The van der Waals surface area contributed by atoms with Gasteiger partial charge in [-0.25, -0.2) is 0 Å². The standard InChI is InChI=1S/C22H30O3/c1-12(2)15(23)7-8-21(4)14-6-9-22(5)19(14)20(21)18-16(24)10-13(3)11-17(18)25-22/h10-11,14-15,19-20,23-24H,1,6-9H2,2-5H3/t14-,15+,19+,20+,21+,22+/m1/s1. The van der Waals surface area contributed by atoms with Crippen molar-refractivity contribution in [2.45, 2.75) is 71.0 Å². The second-order valence-corrected chi connectivity index (χ2v) is 9.17. The van der Waals surface area contributed by atoms with Crippen molar-refractivity contribution in [1.82, 2.24) is 0 Å². The van der Waals surface area contributed by atoms with Gasteiger partial charge in [-0.2, -0.15) is 0 Å². The Balaban J connectivity index is 1.74. The summed E-state index contributed by atoms with van der Waals surface area (Å²) in [5.41, 5.74) is 2.85. The molecule has 25 heavy (non-hydrogen) atoms. The first-order valence-electron chi connectivity index (χ1n) is 9.53. The summed E-state index contributed by atoms with van der Waals surface area (Å²) in [5, 5.41) is 20.9. The number of fused-ring (bicyclic) bond motifs is 2. The van der Waals surface area contributed by atoms with Crippen LogP contribution in [0.2, 0.25) is 0 Å². The van der Waals surface area contributed by atoms with Crippen molar-refractivity contribution in [3.63, 3.8) is 0 Å². The molecule has 1 heterocycles. The fraction of sp³-hybridized carbons (Fsp3) is 0.636. The fourth-order valence-corrected chi connectivity index (χ4v) is 6.12. The first-order valence-corrected chi connectivity index (χ1v) is 9.53. The first-order chi connectivity index (χ1) is 11.7. The van der Waals surface area contributed by atoms with Crippen molar-refractivity contribution in [3.05, 3.63) is 35.4 Å². The molecule has 0 amide bonds. The van der Waals surface area contributed by atoms with Crippen LogP contribution in [0.4, 0.5) is 0 Å². The normalized spacial score (nSPS) is 39.0. The van der Waals surface area contributed by atoms with Crippen molar-refractivity contribution in [2.75, 3.05) is 0 Å². The Morgan fingerprint density at radius 1 is 1.40 bits per heavy atom. The molecule has 4 rings (SSSR count).